The summed E-state index contributed by atoms with van der Waals surface area (Å²) in [6.45, 7) is -0.265. The number of benzene rings is 1. The fourth-order valence-electron chi connectivity index (χ4n) is 2.47. The summed E-state index contributed by atoms with van der Waals surface area (Å²) in [5, 5.41) is 29.1. The van der Waals surface area contributed by atoms with Crippen LogP contribution in [0.4, 0.5) is 0 Å². The normalized spacial score (nSPS) is 31.6. The number of rotatable bonds is 2. The topological polar surface area (TPSA) is 87.7 Å². The van der Waals surface area contributed by atoms with Crippen LogP contribution in [-0.2, 0) is 4.74 Å². The molecule has 4 atom stereocenters. The number of ether oxygens (including phenoxy) is 1. The third-order valence-corrected chi connectivity index (χ3v) is 3.69. The number of aliphatic hydroxyl groups excluding tert-OH is 3. The van der Waals surface area contributed by atoms with Crippen LogP contribution in [0.2, 0.25) is 0 Å². The van der Waals surface area contributed by atoms with E-state index in [0.29, 0.717) is 11.0 Å². The number of aliphatic hydroxyl groups is 3. The van der Waals surface area contributed by atoms with Gasteiger partial charge in [-0.3, -0.25) is 0 Å². The third-order valence-electron chi connectivity index (χ3n) is 3.69. The van der Waals surface area contributed by atoms with Crippen LogP contribution in [0.5, 0.6) is 0 Å². The van der Waals surface area contributed by atoms with Gasteiger partial charge in [-0.1, -0.05) is 0 Å². The molecule has 1 unspecified atom stereocenters. The molecule has 1 aliphatic heterocycles. The largest absolute Gasteiger partial charge is 0.394 e. The number of nitrogens with zero attached hydrogens (tertiary/aromatic N) is 2. The van der Waals surface area contributed by atoms with E-state index in [1.54, 1.807) is 16.7 Å². The van der Waals surface area contributed by atoms with Gasteiger partial charge in [0.2, 0.25) is 0 Å². The summed E-state index contributed by atoms with van der Waals surface area (Å²) in [5.41, 5.74) is 2.76. The van der Waals surface area contributed by atoms with Crippen molar-refractivity contribution in [1.82, 2.24) is 9.55 Å². The van der Waals surface area contributed by atoms with E-state index in [2.05, 4.69) is 4.98 Å². The van der Waals surface area contributed by atoms with Crippen molar-refractivity contribution in [1.29, 1.82) is 0 Å². The van der Waals surface area contributed by atoms with E-state index < -0.39 is 24.5 Å². The van der Waals surface area contributed by atoms with Gasteiger partial charge in [-0.15, -0.1) is 0 Å². The van der Waals surface area contributed by atoms with E-state index in [4.69, 9.17) is 12.6 Å². The lowest BCUT2D eigenvalue weighted by Gasteiger charge is -2.17. The maximum atomic E-state index is 10.1. The quantitative estimate of drug-likeness (QED) is 0.734. The molecule has 6 nitrogen and oxygen atoms in total. The van der Waals surface area contributed by atoms with Crippen LogP contribution in [0.3, 0.4) is 0 Å². The second kappa shape index (κ2) is 4.82. The molecular formula is C14H18N2O4. The summed E-state index contributed by atoms with van der Waals surface area (Å²) in [6.07, 6.45) is -2.55. The first-order chi connectivity index (χ1) is 10.6. The van der Waals surface area contributed by atoms with E-state index in [0.717, 1.165) is 11.1 Å². The average Bonchev–Trinajstić information content (AvgIpc) is 3.07. The highest BCUT2D eigenvalue weighted by Gasteiger charge is 2.43. The summed E-state index contributed by atoms with van der Waals surface area (Å²) in [5.74, 6) is 0. The minimum atomic E-state index is -1.18. The highest BCUT2D eigenvalue weighted by molar-refractivity contribution is 5.77. The minimum Gasteiger partial charge on any atom is -0.394 e. The molecular weight excluding hydrogens is 260 g/mol. The van der Waals surface area contributed by atoms with Gasteiger partial charge in [0.1, 0.15) is 18.3 Å². The van der Waals surface area contributed by atoms with Gasteiger partial charge < -0.3 is 24.6 Å². The van der Waals surface area contributed by atoms with Gasteiger partial charge in [-0.2, -0.15) is 0 Å². The summed E-state index contributed by atoms with van der Waals surface area (Å²) >= 11 is 0. The molecule has 2 aromatic rings. The van der Waals surface area contributed by atoms with Crippen molar-refractivity contribution in [3.63, 3.8) is 0 Å². The number of imidazole rings is 1. The Morgan fingerprint density at radius 1 is 1.30 bits per heavy atom. The van der Waals surface area contributed by atoms with Gasteiger partial charge in [0, 0.05) is 2.74 Å². The smallest absolute Gasteiger partial charge is 0.164 e. The maximum Gasteiger partial charge on any atom is 0.164 e. The van der Waals surface area contributed by atoms with Crippen LogP contribution < -0.4 is 0 Å². The molecule has 1 aliphatic rings. The van der Waals surface area contributed by atoms with Crippen LogP contribution in [0.1, 0.15) is 20.1 Å². The molecule has 3 rings (SSSR count). The number of fused-ring (bicyclic) bond motifs is 1. The van der Waals surface area contributed by atoms with Crippen LogP contribution in [0.25, 0.3) is 11.0 Å². The predicted octanol–water partition coefficient (Wildman–Crippen LogP) is 0.265. The number of hydrogen-bond donors (Lipinski definition) is 3. The fourth-order valence-corrected chi connectivity index (χ4v) is 2.47. The molecule has 0 aliphatic carbocycles. The van der Waals surface area contributed by atoms with Crippen LogP contribution in [0, 0.1) is 13.8 Å². The Morgan fingerprint density at radius 2 is 2.05 bits per heavy atom. The van der Waals surface area contributed by atoms with E-state index in [1.165, 1.54) is 6.33 Å². The van der Waals surface area contributed by atoms with Crippen molar-refractivity contribution in [3.05, 3.63) is 29.6 Å². The van der Waals surface area contributed by atoms with Gasteiger partial charge in [0.05, 0.1) is 24.0 Å². The molecule has 0 saturated carbocycles. The summed E-state index contributed by atoms with van der Waals surface area (Å²) in [4.78, 5) is 4.24. The maximum absolute atomic E-state index is 10.1. The summed E-state index contributed by atoms with van der Waals surface area (Å²) < 4.78 is 22.2. The van der Waals surface area contributed by atoms with E-state index in [1.807, 2.05) is 0 Å². The second-order valence-electron chi connectivity index (χ2n) is 4.99. The van der Waals surface area contributed by atoms with Crippen molar-refractivity contribution < 1.29 is 22.8 Å². The van der Waals surface area contributed by atoms with E-state index >= 15 is 0 Å². The number of hydrogen-bond acceptors (Lipinski definition) is 5. The number of aromatic nitrogens is 2. The van der Waals surface area contributed by atoms with Crippen LogP contribution >= 0.6 is 0 Å². The predicted molar refractivity (Wildman–Crippen MR) is 72.2 cm³/mol. The Morgan fingerprint density at radius 3 is 2.70 bits per heavy atom. The monoisotopic (exact) mass is 280 g/mol. The van der Waals surface area contributed by atoms with Gasteiger partial charge in [0.15, 0.2) is 6.23 Å². The molecule has 0 bridgehead atoms. The Kier molecular flexibility index (Phi) is 2.70. The molecule has 1 fully saturated rings. The standard InChI is InChI=1S/C14H18N2O4/c1-7-3-9-10(4-8(7)2)16(6-15-9)14-13(19)12(18)11(5-17)20-14/h3-4,6,11-14,17-19H,5H2,1-2H3/t11-,12-,13-,14?/m1/s1/i1D,2D. The van der Waals surface area contributed by atoms with Crippen molar-refractivity contribution in [3.8, 4) is 0 Å². The van der Waals surface area contributed by atoms with Gasteiger partial charge in [-0.05, 0) is 37.1 Å². The molecule has 2 heterocycles. The minimum absolute atomic E-state index is 0.0469. The highest BCUT2D eigenvalue weighted by atomic mass is 16.6. The molecule has 3 N–H and O–H groups in total. The van der Waals surface area contributed by atoms with Crippen molar-refractivity contribution >= 4 is 11.0 Å². The molecule has 1 aromatic heterocycles. The highest BCUT2D eigenvalue weighted by Crippen LogP contribution is 2.32. The number of aryl methyl sites for hydroxylation is 2. The Balaban J connectivity index is 2.05. The van der Waals surface area contributed by atoms with Crippen molar-refractivity contribution in [2.24, 2.45) is 0 Å². The summed E-state index contributed by atoms with van der Waals surface area (Å²) in [7, 11) is 0. The Hall–Kier alpha value is -1.47. The molecule has 6 heteroatoms. The third kappa shape index (κ3) is 1.92. The fraction of sp³-hybridized carbons (Fsp3) is 0.500. The molecule has 0 radical (unpaired) electrons. The molecule has 20 heavy (non-hydrogen) atoms. The first-order valence-corrected chi connectivity index (χ1v) is 6.30. The molecule has 0 spiro atoms. The lowest BCUT2D eigenvalue weighted by molar-refractivity contribution is -0.0508. The van der Waals surface area contributed by atoms with Gasteiger partial charge in [0.25, 0.3) is 0 Å². The SMILES string of the molecule is [2H]Cc1cc2ncn(C3O[C@H](CO)[C@@H](O)[C@H]3O)c2cc1C[2H]. The Bertz CT molecular complexity index is 678. The van der Waals surface area contributed by atoms with Gasteiger partial charge >= 0.3 is 0 Å². The van der Waals surface area contributed by atoms with Gasteiger partial charge in [-0.25, -0.2) is 4.98 Å². The second-order valence-corrected chi connectivity index (χ2v) is 4.99. The van der Waals surface area contributed by atoms with Crippen molar-refractivity contribution in [2.45, 2.75) is 38.3 Å². The van der Waals surface area contributed by atoms with Crippen molar-refractivity contribution in [2.75, 3.05) is 6.61 Å². The average molecular weight is 280 g/mol. The summed E-state index contributed by atoms with van der Waals surface area (Å²) in [6, 6.07) is 3.51. The zero-order valence-corrected chi connectivity index (χ0v) is 10.8. The van der Waals surface area contributed by atoms with E-state index in [9.17, 15) is 10.2 Å². The first-order valence-electron chi connectivity index (χ1n) is 7.71. The molecule has 1 saturated heterocycles. The zero-order chi connectivity index (χ0) is 15.9. The van der Waals surface area contributed by atoms with E-state index in [-0.39, 0.29) is 20.4 Å². The first kappa shape index (κ1) is 11.2. The lowest BCUT2D eigenvalue weighted by Crippen LogP contribution is -2.33. The van der Waals surface area contributed by atoms with Crippen LogP contribution in [-0.4, -0.2) is 49.8 Å². The lowest BCUT2D eigenvalue weighted by atomic mass is 10.1. The molecule has 108 valence electrons. The molecule has 0 amide bonds. The zero-order valence-electron chi connectivity index (χ0n) is 12.8. The van der Waals surface area contributed by atoms with Crippen LogP contribution in [0.15, 0.2) is 18.5 Å². The Labute approximate surface area is 119 Å². The molecule has 1 aromatic carbocycles.